The average Bonchev–Trinajstić information content (AvgIpc) is 2.74. The molecule has 2 rings (SSSR count). The van der Waals surface area contributed by atoms with Crippen molar-refractivity contribution in [1.29, 1.82) is 0 Å². The second kappa shape index (κ2) is 6.18. The zero-order chi connectivity index (χ0) is 12.1. The van der Waals surface area contributed by atoms with Crippen molar-refractivity contribution in [2.45, 2.75) is 45.4 Å². The summed E-state index contributed by atoms with van der Waals surface area (Å²) in [7, 11) is 1.75. The van der Waals surface area contributed by atoms with E-state index in [1.807, 2.05) is 0 Å². The molecule has 1 fully saturated rings. The molecule has 0 amide bonds. The molecule has 1 aromatic carbocycles. The van der Waals surface area contributed by atoms with Gasteiger partial charge in [0.05, 0.1) is 6.61 Å². The Kier molecular flexibility index (Phi) is 4.57. The molecule has 2 unspecified atom stereocenters. The zero-order valence-corrected chi connectivity index (χ0v) is 10.9. The topological polar surface area (TPSA) is 21.3 Å². The molecule has 2 atom stereocenters. The van der Waals surface area contributed by atoms with Gasteiger partial charge in [0, 0.05) is 19.7 Å². The Morgan fingerprint density at radius 1 is 1.24 bits per heavy atom. The van der Waals surface area contributed by atoms with Gasteiger partial charge in [-0.15, -0.1) is 0 Å². The van der Waals surface area contributed by atoms with E-state index in [1.165, 1.54) is 30.4 Å². The van der Waals surface area contributed by atoms with Crippen LogP contribution < -0.4 is 5.32 Å². The lowest BCUT2D eigenvalue weighted by molar-refractivity contribution is 0.184. The van der Waals surface area contributed by atoms with Crippen molar-refractivity contribution in [3.05, 3.63) is 35.4 Å². The second-order valence-electron chi connectivity index (χ2n) is 5.10. The summed E-state index contributed by atoms with van der Waals surface area (Å²) >= 11 is 0. The molecular weight excluding hydrogens is 210 g/mol. The lowest BCUT2D eigenvalue weighted by atomic mass is 10.0. The Morgan fingerprint density at radius 3 is 2.65 bits per heavy atom. The highest BCUT2D eigenvalue weighted by atomic mass is 16.5. The minimum Gasteiger partial charge on any atom is -0.380 e. The van der Waals surface area contributed by atoms with E-state index in [4.69, 9.17) is 4.74 Å². The smallest absolute Gasteiger partial charge is 0.0716 e. The van der Waals surface area contributed by atoms with Gasteiger partial charge in [-0.2, -0.15) is 0 Å². The summed E-state index contributed by atoms with van der Waals surface area (Å²) in [5, 5.41) is 3.69. The molecule has 0 radical (unpaired) electrons. The van der Waals surface area contributed by atoms with E-state index in [0.717, 1.165) is 12.5 Å². The van der Waals surface area contributed by atoms with Crippen LogP contribution in [0.1, 0.15) is 37.3 Å². The van der Waals surface area contributed by atoms with Crippen LogP contribution in [0.3, 0.4) is 0 Å². The normalized spacial score (nSPS) is 24.1. The largest absolute Gasteiger partial charge is 0.380 e. The van der Waals surface area contributed by atoms with Crippen LogP contribution in [0.15, 0.2) is 24.3 Å². The van der Waals surface area contributed by atoms with Crippen LogP contribution in [0.4, 0.5) is 0 Å². The van der Waals surface area contributed by atoms with Crippen molar-refractivity contribution >= 4 is 0 Å². The standard InChI is InChI=1S/C15H23NO/c1-12-6-5-9-15(12)16-10-13-7-3-4-8-14(13)11-17-2/h3-4,7-8,12,15-16H,5-6,9-11H2,1-2H3. The van der Waals surface area contributed by atoms with Gasteiger partial charge < -0.3 is 10.1 Å². The summed E-state index contributed by atoms with van der Waals surface area (Å²) in [5.41, 5.74) is 2.67. The molecule has 0 bridgehead atoms. The molecule has 0 aromatic heterocycles. The van der Waals surface area contributed by atoms with Crippen molar-refractivity contribution < 1.29 is 4.74 Å². The fourth-order valence-electron chi connectivity index (χ4n) is 2.72. The van der Waals surface area contributed by atoms with Crippen LogP contribution in [-0.4, -0.2) is 13.2 Å². The van der Waals surface area contributed by atoms with Crippen LogP contribution in [0.2, 0.25) is 0 Å². The Balaban J connectivity index is 1.93. The van der Waals surface area contributed by atoms with Gasteiger partial charge in [-0.3, -0.25) is 0 Å². The summed E-state index contributed by atoms with van der Waals surface area (Å²) in [6.07, 6.45) is 4.07. The first-order valence-corrected chi connectivity index (χ1v) is 6.60. The van der Waals surface area contributed by atoms with Gasteiger partial charge in [0.1, 0.15) is 0 Å². The zero-order valence-electron chi connectivity index (χ0n) is 10.9. The molecule has 2 heteroatoms. The van der Waals surface area contributed by atoms with Gasteiger partial charge in [-0.1, -0.05) is 37.6 Å². The molecule has 1 aliphatic rings. The summed E-state index contributed by atoms with van der Waals surface area (Å²) in [6.45, 7) is 4.03. The molecule has 2 nitrogen and oxygen atoms in total. The number of rotatable bonds is 5. The minimum atomic E-state index is 0.700. The first-order valence-electron chi connectivity index (χ1n) is 6.60. The molecule has 0 saturated heterocycles. The van der Waals surface area contributed by atoms with E-state index in [2.05, 4.69) is 36.5 Å². The molecular formula is C15H23NO. The average molecular weight is 233 g/mol. The molecule has 94 valence electrons. The first-order chi connectivity index (χ1) is 8.31. The molecule has 1 aliphatic carbocycles. The maximum atomic E-state index is 5.23. The van der Waals surface area contributed by atoms with Gasteiger partial charge >= 0.3 is 0 Å². The van der Waals surface area contributed by atoms with Gasteiger partial charge in [0.2, 0.25) is 0 Å². The second-order valence-corrected chi connectivity index (χ2v) is 5.10. The summed E-state index contributed by atoms with van der Waals surface area (Å²) in [5.74, 6) is 0.824. The van der Waals surface area contributed by atoms with Crippen molar-refractivity contribution in [3.63, 3.8) is 0 Å². The summed E-state index contributed by atoms with van der Waals surface area (Å²) in [4.78, 5) is 0. The third kappa shape index (κ3) is 3.30. The van der Waals surface area contributed by atoms with E-state index >= 15 is 0 Å². The Hall–Kier alpha value is -0.860. The molecule has 0 aliphatic heterocycles. The number of hydrogen-bond acceptors (Lipinski definition) is 2. The summed E-state index contributed by atoms with van der Waals surface area (Å²) < 4.78 is 5.23. The van der Waals surface area contributed by atoms with Crippen molar-refractivity contribution in [2.24, 2.45) is 5.92 Å². The monoisotopic (exact) mass is 233 g/mol. The lowest BCUT2D eigenvalue weighted by Crippen LogP contribution is -2.30. The minimum absolute atomic E-state index is 0.700. The number of benzene rings is 1. The maximum Gasteiger partial charge on any atom is 0.0716 e. The van der Waals surface area contributed by atoms with E-state index in [9.17, 15) is 0 Å². The predicted molar refractivity (Wildman–Crippen MR) is 70.8 cm³/mol. The van der Waals surface area contributed by atoms with Gasteiger partial charge in [-0.05, 0) is 29.9 Å². The van der Waals surface area contributed by atoms with Gasteiger partial charge in [-0.25, -0.2) is 0 Å². The molecule has 1 N–H and O–H groups in total. The highest BCUT2D eigenvalue weighted by molar-refractivity contribution is 5.26. The first kappa shape index (κ1) is 12.6. The molecule has 1 aromatic rings. The fourth-order valence-corrected chi connectivity index (χ4v) is 2.72. The number of hydrogen-bond donors (Lipinski definition) is 1. The highest BCUT2D eigenvalue weighted by Crippen LogP contribution is 2.25. The Labute approximate surface area is 104 Å². The lowest BCUT2D eigenvalue weighted by Gasteiger charge is -2.18. The molecule has 17 heavy (non-hydrogen) atoms. The molecule has 0 heterocycles. The third-order valence-electron chi connectivity index (χ3n) is 3.83. The predicted octanol–water partition coefficient (Wildman–Crippen LogP) is 3.11. The summed E-state index contributed by atoms with van der Waals surface area (Å²) in [6, 6.07) is 9.23. The number of ether oxygens (including phenoxy) is 1. The fraction of sp³-hybridized carbons (Fsp3) is 0.600. The van der Waals surface area contributed by atoms with Gasteiger partial charge in [0.25, 0.3) is 0 Å². The third-order valence-corrected chi connectivity index (χ3v) is 3.83. The maximum absolute atomic E-state index is 5.23. The van der Waals surface area contributed by atoms with Gasteiger partial charge in [0.15, 0.2) is 0 Å². The van der Waals surface area contributed by atoms with E-state index < -0.39 is 0 Å². The van der Waals surface area contributed by atoms with E-state index in [-0.39, 0.29) is 0 Å². The Morgan fingerprint density at radius 2 is 2.00 bits per heavy atom. The van der Waals surface area contributed by atoms with Crippen LogP contribution >= 0.6 is 0 Å². The number of nitrogens with one attached hydrogen (secondary N) is 1. The van der Waals surface area contributed by atoms with Crippen molar-refractivity contribution in [1.82, 2.24) is 5.32 Å². The van der Waals surface area contributed by atoms with Crippen molar-refractivity contribution in [2.75, 3.05) is 7.11 Å². The van der Waals surface area contributed by atoms with Crippen LogP contribution in [0.25, 0.3) is 0 Å². The van der Waals surface area contributed by atoms with E-state index in [0.29, 0.717) is 12.6 Å². The van der Waals surface area contributed by atoms with E-state index in [1.54, 1.807) is 7.11 Å². The van der Waals surface area contributed by atoms with Crippen LogP contribution in [-0.2, 0) is 17.9 Å². The van der Waals surface area contributed by atoms with Crippen LogP contribution in [0, 0.1) is 5.92 Å². The quantitative estimate of drug-likeness (QED) is 0.843. The SMILES string of the molecule is COCc1ccccc1CNC1CCCC1C. The van der Waals surface area contributed by atoms with Crippen molar-refractivity contribution in [3.8, 4) is 0 Å². The molecule has 0 spiro atoms. The number of methoxy groups -OCH3 is 1. The van der Waals surface area contributed by atoms with Crippen LogP contribution in [0.5, 0.6) is 0 Å². The molecule has 1 saturated carbocycles. The Bertz CT molecular complexity index is 351. The highest BCUT2D eigenvalue weighted by Gasteiger charge is 2.22.